The molecule has 1 saturated heterocycles. The molecule has 158 valence electrons. The summed E-state index contributed by atoms with van der Waals surface area (Å²) in [5.41, 5.74) is 0.294. The maximum absolute atomic E-state index is 13.5. The number of thiophene rings is 1. The van der Waals surface area contributed by atoms with Gasteiger partial charge in [0.05, 0.1) is 12.7 Å². The fourth-order valence-electron chi connectivity index (χ4n) is 2.97. The Morgan fingerprint density at radius 1 is 1.34 bits per heavy atom. The van der Waals surface area contributed by atoms with E-state index in [1.165, 1.54) is 24.3 Å². The minimum Gasteiger partial charge on any atom is -0.435 e. The van der Waals surface area contributed by atoms with Gasteiger partial charge in [0.1, 0.15) is 0 Å². The van der Waals surface area contributed by atoms with Gasteiger partial charge < -0.3 is 9.47 Å². The van der Waals surface area contributed by atoms with E-state index in [0.717, 1.165) is 4.88 Å². The number of alkyl halides is 3. The number of morpholine rings is 1. The van der Waals surface area contributed by atoms with Crippen LogP contribution in [0.15, 0.2) is 41.8 Å². The molecule has 10 heteroatoms. The van der Waals surface area contributed by atoms with Crippen LogP contribution in [0.5, 0.6) is 0 Å². The summed E-state index contributed by atoms with van der Waals surface area (Å²) in [6.45, 7) is 0.571. The lowest BCUT2D eigenvalue weighted by molar-refractivity contribution is -0.209. The highest BCUT2D eigenvalue weighted by Crippen LogP contribution is 2.26. The average Bonchev–Trinajstić information content (AvgIpc) is 3.16. The van der Waals surface area contributed by atoms with Crippen molar-refractivity contribution < 1.29 is 27.4 Å². The first-order valence-corrected chi connectivity index (χ1v) is 10.2. The first-order chi connectivity index (χ1) is 13.8. The van der Waals surface area contributed by atoms with Crippen LogP contribution < -0.4 is 5.32 Å². The summed E-state index contributed by atoms with van der Waals surface area (Å²) in [5, 5.41) is 4.68. The van der Waals surface area contributed by atoms with Crippen molar-refractivity contribution in [3.8, 4) is 0 Å². The Labute approximate surface area is 175 Å². The second kappa shape index (κ2) is 9.80. The van der Waals surface area contributed by atoms with Gasteiger partial charge >= 0.3 is 12.3 Å². The Balaban J connectivity index is 1.56. The van der Waals surface area contributed by atoms with Crippen molar-refractivity contribution in [2.24, 2.45) is 0 Å². The molecule has 2 unspecified atom stereocenters. The SMILES string of the molecule is O=C(Nc1ccc(Cl)cc1)OC(CN1CCOC(Cc2cccs2)C1)C(F)(F)F. The molecule has 0 bridgehead atoms. The van der Waals surface area contributed by atoms with E-state index in [-0.39, 0.29) is 6.10 Å². The third-order valence-corrected chi connectivity index (χ3v) is 5.51. The fraction of sp³-hybridized carbons (Fsp3) is 0.421. The highest BCUT2D eigenvalue weighted by molar-refractivity contribution is 7.09. The summed E-state index contributed by atoms with van der Waals surface area (Å²) < 4.78 is 50.7. The number of nitrogens with zero attached hydrogens (tertiary/aromatic N) is 1. The molecule has 1 fully saturated rings. The van der Waals surface area contributed by atoms with Crippen molar-refractivity contribution in [3.05, 3.63) is 51.7 Å². The molecule has 1 aliphatic rings. The summed E-state index contributed by atoms with van der Waals surface area (Å²) in [5.74, 6) is 0. The van der Waals surface area contributed by atoms with Gasteiger partial charge in [0, 0.05) is 41.6 Å². The number of hydrogen-bond acceptors (Lipinski definition) is 5. The smallest absolute Gasteiger partial charge is 0.426 e. The molecule has 0 radical (unpaired) electrons. The third kappa shape index (κ3) is 6.88. The highest BCUT2D eigenvalue weighted by atomic mass is 35.5. The van der Waals surface area contributed by atoms with Crippen molar-refractivity contribution >= 4 is 34.7 Å². The number of carbonyl (C=O) groups excluding carboxylic acids is 1. The van der Waals surface area contributed by atoms with E-state index in [2.05, 4.69) is 5.32 Å². The predicted molar refractivity (Wildman–Crippen MR) is 106 cm³/mol. The van der Waals surface area contributed by atoms with Crippen LogP contribution in [0.1, 0.15) is 4.88 Å². The molecule has 1 aliphatic heterocycles. The van der Waals surface area contributed by atoms with Gasteiger partial charge in [-0.05, 0) is 35.7 Å². The Morgan fingerprint density at radius 3 is 2.76 bits per heavy atom. The largest absolute Gasteiger partial charge is 0.435 e. The number of rotatable bonds is 6. The first-order valence-electron chi connectivity index (χ1n) is 8.96. The molecule has 5 nitrogen and oxygen atoms in total. The van der Waals surface area contributed by atoms with Crippen LogP contribution in [-0.2, 0) is 15.9 Å². The molecule has 1 N–H and O–H groups in total. The summed E-state index contributed by atoms with van der Waals surface area (Å²) in [4.78, 5) is 14.7. The van der Waals surface area contributed by atoms with E-state index in [1.807, 2.05) is 17.5 Å². The number of nitrogens with one attached hydrogen (secondary N) is 1. The maximum atomic E-state index is 13.5. The number of anilines is 1. The molecular weight excluding hydrogens is 429 g/mol. The lowest BCUT2D eigenvalue weighted by Crippen LogP contribution is -2.50. The number of amides is 1. The monoisotopic (exact) mass is 448 g/mol. The number of benzene rings is 1. The second-order valence-electron chi connectivity index (χ2n) is 6.60. The van der Waals surface area contributed by atoms with Gasteiger partial charge in [0.2, 0.25) is 6.10 Å². The van der Waals surface area contributed by atoms with Gasteiger partial charge in [-0.25, -0.2) is 4.79 Å². The zero-order valence-corrected chi connectivity index (χ0v) is 16.9. The van der Waals surface area contributed by atoms with Crippen LogP contribution in [0, 0.1) is 0 Å². The normalized spacial score (nSPS) is 19.0. The number of carbonyl (C=O) groups is 1. The van der Waals surface area contributed by atoms with Crippen LogP contribution in [0.25, 0.3) is 0 Å². The summed E-state index contributed by atoms with van der Waals surface area (Å²) in [6.07, 6.45) is -7.64. The van der Waals surface area contributed by atoms with Gasteiger partial charge in [-0.1, -0.05) is 17.7 Å². The lowest BCUT2D eigenvalue weighted by atomic mass is 10.1. The number of halogens is 4. The summed E-state index contributed by atoms with van der Waals surface area (Å²) in [7, 11) is 0. The van der Waals surface area contributed by atoms with Gasteiger partial charge in [0.15, 0.2) is 0 Å². The van der Waals surface area contributed by atoms with E-state index >= 15 is 0 Å². The van der Waals surface area contributed by atoms with E-state index in [1.54, 1.807) is 16.2 Å². The molecular formula is C19H20ClF3N2O3S. The summed E-state index contributed by atoms with van der Waals surface area (Å²) >= 11 is 7.33. The topological polar surface area (TPSA) is 50.8 Å². The van der Waals surface area contributed by atoms with E-state index < -0.39 is 24.9 Å². The molecule has 1 aromatic heterocycles. The van der Waals surface area contributed by atoms with Gasteiger partial charge in [-0.2, -0.15) is 13.2 Å². The molecule has 1 amide bonds. The molecule has 1 aromatic carbocycles. The lowest BCUT2D eigenvalue weighted by Gasteiger charge is -2.35. The molecule has 2 aromatic rings. The van der Waals surface area contributed by atoms with Crippen molar-refractivity contribution in [1.82, 2.24) is 4.90 Å². The Morgan fingerprint density at radius 2 is 2.10 bits per heavy atom. The predicted octanol–water partition coefficient (Wildman–Crippen LogP) is 4.82. The van der Waals surface area contributed by atoms with Crippen molar-refractivity contribution in [1.29, 1.82) is 0 Å². The van der Waals surface area contributed by atoms with Crippen LogP contribution in [0.2, 0.25) is 5.02 Å². The van der Waals surface area contributed by atoms with Crippen molar-refractivity contribution in [2.45, 2.75) is 24.8 Å². The van der Waals surface area contributed by atoms with Gasteiger partial charge in [0.25, 0.3) is 0 Å². The Bertz CT molecular complexity index is 787. The summed E-state index contributed by atoms with van der Waals surface area (Å²) in [6, 6.07) is 9.87. The number of hydrogen-bond donors (Lipinski definition) is 1. The van der Waals surface area contributed by atoms with Gasteiger partial charge in [-0.15, -0.1) is 11.3 Å². The maximum Gasteiger partial charge on any atom is 0.426 e. The van der Waals surface area contributed by atoms with E-state index in [0.29, 0.717) is 36.8 Å². The van der Waals surface area contributed by atoms with Crippen LogP contribution in [-0.4, -0.2) is 55.6 Å². The van der Waals surface area contributed by atoms with Crippen LogP contribution in [0.4, 0.5) is 23.7 Å². The van der Waals surface area contributed by atoms with E-state index in [9.17, 15) is 18.0 Å². The molecule has 2 heterocycles. The van der Waals surface area contributed by atoms with Crippen LogP contribution >= 0.6 is 22.9 Å². The molecule has 2 atom stereocenters. The Kier molecular flexibility index (Phi) is 7.39. The zero-order chi connectivity index (χ0) is 20.9. The Hall–Kier alpha value is -1.81. The standard InChI is InChI=1S/C19H20ClF3N2O3S/c20-13-3-5-14(6-4-13)24-18(26)28-17(19(21,22)23)12-25-7-8-27-15(11-25)10-16-2-1-9-29-16/h1-6,9,15,17H,7-8,10-12H2,(H,24,26). The molecule has 0 saturated carbocycles. The molecule has 0 spiro atoms. The zero-order valence-electron chi connectivity index (χ0n) is 15.3. The molecule has 0 aliphatic carbocycles. The fourth-order valence-corrected chi connectivity index (χ4v) is 3.87. The second-order valence-corrected chi connectivity index (χ2v) is 8.07. The first kappa shape index (κ1) is 21.9. The average molecular weight is 449 g/mol. The minimum absolute atomic E-state index is 0.195. The van der Waals surface area contributed by atoms with Crippen molar-refractivity contribution in [2.75, 3.05) is 31.6 Å². The third-order valence-electron chi connectivity index (χ3n) is 4.36. The number of ether oxygens (including phenoxy) is 2. The molecule has 3 rings (SSSR count). The van der Waals surface area contributed by atoms with Crippen molar-refractivity contribution in [3.63, 3.8) is 0 Å². The van der Waals surface area contributed by atoms with Crippen LogP contribution in [0.3, 0.4) is 0 Å². The highest BCUT2D eigenvalue weighted by Gasteiger charge is 2.44. The molecule has 29 heavy (non-hydrogen) atoms. The minimum atomic E-state index is -4.68. The van der Waals surface area contributed by atoms with Gasteiger partial charge in [-0.3, -0.25) is 10.2 Å². The van der Waals surface area contributed by atoms with E-state index in [4.69, 9.17) is 21.1 Å². The quantitative estimate of drug-likeness (QED) is 0.688.